The van der Waals surface area contributed by atoms with E-state index in [1.807, 2.05) is 36.9 Å². The van der Waals surface area contributed by atoms with Crippen LogP contribution in [0.5, 0.6) is 0 Å². The molecule has 5 heteroatoms. The molecule has 0 atom stereocenters. The monoisotopic (exact) mass is 306 g/mol. The maximum Gasteiger partial charge on any atom is 0.251 e. The van der Waals surface area contributed by atoms with Crippen LogP contribution in [0.4, 0.5) is 5.69 Å². The van der Waals surface area contributed by atoms with E-state index in [1.54, 1.807) is 7.11 Å². The number of benzene rings is 1. The second-order valence-corrected chi connectivity index (χ2v) is 6.16. The second kappa shape index (κ2) is 7.52. The minimum atomic E-state index is -0.0360. The number of nitrogens with one attached hydrogen (secondary N) is 1. The molecule has 1 heterocycles. The predicted octanol–water partition coefficient (Wildman–Crippen LogP) is 2.90. The van der Waals surface area contributed by atoms with E-state index < -0.39 is 0 Å². The molecule has 0 saturated heterocycles. The fraction of sp³-hybridized carbons (Fsp3) is 0.438. The topological polar surface area (TPSA) is 41.6 Å². The number of fused-ring (bicyclic) bond motifs is 1. The van der Waals surface area contributed by atoms with Gasteiger partial charge < -0.3 is 15.0 Å². The third kappa shape index (κ3) is 4.02. The molecule has 0 aliphatic carbocycles. The summed E-state index contributed by atoms with van der Waals surface area (Å²) in [7, 11) is 1.66. The lowest BCUT2D eigenvalue weighted by Crippen LogP contribution is -2.28. The maximum absolute atomic E-state index is 12.2. The highest BCUT2D eigenvalue weighted by Gasteiger charge is 2.19. The summed E-state index contributed by atoms with van der Waals surface area (Å²) in [6.07, 6.45) is 0.820. The Morgan fingerprint density at radius 1 is 1.52 bits per heavy atom. The fourth-order valence-electron chi connectivity index (χ4n) is 2.28. The summed E-state index contributed by atoms with van der Waals surface area (Å²) in [6, 6.07) is 5.88. The van der Waals surface area contributed by atoms with Crippen molar-refractivity contribution in [2.24, 2.45) is 0 Å². The average molecular weight is 306 g/mol. The molecular formula is C16H22N2O2S. The zero-order chi connectivity index (χ0) is 15.2. The van der Waals surface area contributed by atoms with E-state index in [-0.39, 0.29) is 5.91 Å². The first kappa shape index (κ1) is 15.9. The maximum atomic E-state index is 12.2. The lowest BCUT2D eigenvalue weighted by Gasteiger charge is -2.31. The van der Waals surface area contributed by atoms with E-state index in [1.165, 1.54) is 4.90 Å². The van der Waals surface area contributed by atoms with E-state index in [0.29, 0.717) is 18.7 Å². The van der Waals surface area contributed by atoms with Crippen LogP contribution in [0.15, 0.2) is 35.4 Å². The summed E-state index contributed by atoms with van der Waals surface area (Å²) in [5, 5.41) is 2.92. The van der Waals surface area contributed by atoms with Crippen molar-refractivity contribution in [3.8, 4) is 0 Å². The molecule has 0 unspecified atom stereocenters. The lowest BCUT2D eigenvalue weighted by atomic mass is 10.1. The smallest absolute Gasteiger partial charge is 0.251 e. The number of ether oxygens (including phenoxy) is 1. The third-order valence-corrected chi connectivity index (χ3v) is 4.40. The highest BCUT2D eigenvalue weighted by Crippen LogP contribution is 2.36. The summed E-state index contributed by atoms with van der Waals surface area (Å²) in [5.74, 6) is 1.01. The Bertz CT molecular complexity index is 531. The van der Waals surface area contributed by atoms with Crippen LogP contribution >= 0.6 is 11.8 Å². The summed E-state index contributed by atoms with van der Waals surface area (Å²) in [5.41, 5.74) is 2.79. The first-order valence-electron chi connectivity index (χ1n) is 7.10. The van der Waals surface area contributed by atoms with Gasteiger partial charge in [-0.3, -0.25) is 4.79 Å². The van der Waals surface area contributed by atoms with Crippen molar-refractivity contribution in [2.75, 3.05) is 37.5 Å². The SMILES string of the molecule is C=C(C)N1CCSc2ccc(C(=O)NCCCOC)cc21. The van der Waals surface area contributed by atoms with E-state index in [0.717, 1.165) is 30.1 Å². The second-order valence-electron chi connectivity index (χ2n) is 5.02. The van der Waals surface area contributed by atoms with E-state index in [9.17, 15) is 4.79 Å². The quantitative estimate of drug-likeness (QED) is 0.821. The van der Waals surface area contributed by atoms with Crippen LogP contribution in [0.2, 0.25) is 0 Å². The Labute approximate surface area is 130 Å². The van der Waals surface area contributed by atoms with Gasteiger partial charge in [0.2, 0.25) is 0 Å². The minimum absolute atomic E-state index is 0.0360. The number of amides is 1. The van der Waals surface area contributed by atoms with Crippen molar-refractivity contribution < 1.29 is 9.53 Å². The molecule has 1 aromatic carbocycles. The van der Waals surface area contributed by atoms with Crippen LogP contribution in [0, 0.1) is 0 Å². The van der Waals surface area contributed by atoms with Gasteiger partial charge in [0.05, 0.1) is 5.69 Å². The Morgan fingerprint density at radius 2 is 2.33 bits per heavy atom. The van der Waals surface area contributed by atoms with Gasteiger partial charge in [-0.25, -0.2) is 0 Å². The van der Waals surface area contributed by atoms with Crippen molar-refractivity contribution in [3.63, 3.8) is 0 Å². The summed E-state index contributed by atoms with van der Waals surface area (Å²) in [6.45, 7) is 8.24. The van der Waals surface area contributed by atoms with Crippen molar-refractivity contribution in [1.82, 2.24) is 5.32 Å². The van der Waals surface area contributed by atoms with Gasteiger partial charge >= 0.3 is 0 Å². The number of hydrogen-bond donors (Lipinski definition) is 1. The molecule has 1 aliphatic rings. The van der Waals surface area contributed by atoms with Crippen molar-refractivity contribution in [2.45, 2.75) is 18.2 Å². The van der Waals surface area contributed by atoms with Gasteiger partial charge in [0.15, 0.2) is 0 Å². The number of methoxy groups -OCH3 is 1. The summed E-state index contributed by atoms with van der Waals surface area (Å²) >= 11 is 1.82. The van der Waals surface area contributed by atoms with Crippen molar-refractivity contribution >= 4 is 23.4 Å². The molecule has 4 nitrogen and oxygen atoms in total. The third-order valence-electron chi connectivity index (χ3n) is 3.36. The molecular weight excluding hydrogens is 284 g/mol. The van der Waals surface area contributed by atoms with Gasteiger partial charge in [-0.2, -0.15) is 0 Å². The number of anilines is 1. The molecule has 0 bridgehead atoms. The van der Waals surface area contributed by atoms with Gasteiger partial charge in [0, 0.05) is 48.7 Å². The van der Waals surface area contributed by atoms with Crippen LogP contribution in [-0.4, -0.2) is 38.5 Å². The van der Waals surface area contributed by atoms with Crippen molar-refractivity contribution in [1.29, 1.82) is 0 Å². The molecule has 0 radical (unpaired) electrons. The Kier molecular flexibility index (Phi) is 5.70. The molecule has 0 aromatic heterocycles. The largest absolute Gasteiger partial charge is 0.385 e. The van der Waals surface area contributed by atoms with Gasteiger partial charge in [-0.15, -0.1) is 11.8 Å². The first-order valence-corrected chi connectivity index (χ1v) is 8.09. The molecule has 1 N–H and O–H groups in total. The van der Waals surface area contributed by atoms with E-state index in [4.69, 9.17) is 4.74 Å². The number of rotatable bonds is 6. The summed E-state index contributed by atoms with van der Waals surface area (Å²) in [4.78, 5) is 15.6. The van der Waals surface area contributed by atoms with Crippen LogP contribution in [0.25, 0.3) is 0 Å². The number of carbonyl (C=O) groups is 1. The first-order chi connectivity index (χ1) is 10.1. The Hall–Kier alpha value is -1.46. The molecule has 1 aromatic rings. The minimum Gasteiger partial charge on any atom is -0.385 e. The molecule has 114 valence electrons. The Morgan fingerprint density at radius 3 is 3.05 bits per heavy atom. The number of nitrogens with zero attached hydrogens (tertiary/aromatic N) is 1. The van der Waals surface area contributed by atoms with E-state index >= 15 is 0 Å². The zero-order valence-corrected chi connectivity index (χ0v) is 13.5. The molecule has 1 aliphatic heterocycles. The predicted molar refractivity (Wildman–Crippen MR) is 88.2 cm³/mol. The van der Waals surface area contributed by atoms with Crippen LogP contribution < -0.4 is 10.2 Å². The molecule has 0 saturated carbocycles. The standard InChI is InChI=1S/C16H22N2O2S/c1-12(2)18-8-10-21-15-6-5-13(11-14(15)18)16(19)17-7-4-9-20-3/h5-6,11H,1,4,7-10H2,2-3H3,(H,17,19). The number of hydrogen-bond acceptors (Lipinski definition) is 4. The molecule has 0 fully saturated rings. The number of allylic oxidation sites excluding steroid dienone is 1. The Balaban J connectivity index is 2.10. The molecule has 0 spiro atoms. The van der Waals surface area contributed by atoms with Gasteiger partial charge in [-0.1, -0.05) is 6.58 Å². The molecule has 21 heavy (non-hydrogen) atoms. The fourth-order valence-corrected chi connectivity index (χ4v) is 3.25. The van der Waals surface area contributed by atoms with Crippen LogP contribution in [-0.2, 0) is 4.74 Å². The van der Waals surface area contributed by atoms with E-state index in [2.05, 4.69) is 16.8 Å². The average Bonchev–Trinajstić information content (AvgIpc) is 2.50. The van der Waals surface area contributed by atoms with Crippen molar-refractivity contribution in [3.05, 3.63) is 36.0 Å². The van der Waals surface area contributed by atoms with Gasteiger partial charge in [-0.05, 0) is 31.5 Å². The number of thioether (sulfide) groups is 1. The zero-order valence-electron chi connectivity index (χ0n) is 12.6. The summed E-state index contributed by atoms with van der Waals surface area (Å²) < 4.78 is 4.97. The highest BCUT2D eigenvalue weighted by atomic mass is 32.2. The molecule has 1 amide bonds. The highest BCUT2D eigenvalue weighted by molar-refractivity contribution is 7.99. The lowest BCUT2D eigenvalue weighted by molar-refractivity contribution is 0.0948. The van der Waals surface area contributed by atoms with Gasteiger partial charge in [0.25, 0.3) is 5.91 Å². The molecule has 2 rings (SSSR count). The normalized spacial score (nSPS) is 13.7. The van der Waals surface area contributed by atoms with Gasteiger partial charge in [0.1, 0.15) is 0 Å². The van der Waals surface area contributed by atoms with Crippen LogP contribution in [0.1, 0.15) is 23.7 Å². The number of carbonyl (C=O) groups excluding carboxylic acids is 1. The van der Waals surface area contributed by atoms with Crippen LogP contribution in [0.3, 0.4) is 0 Å².